The molecule has 0 amide bonds. The van der Waals surface area contributed by atoms with Gasteiger partial charge in [0.2, 0.25) is 0 Å². The Labute approximate surface area is 220 Å². The number of nitrogens with zero attached hydrogens (tertiary/aromatic N) is 3. The molecular weight excluding hydrogens is 466 g/mol. The van der Waals surface area contributed by atoms with Gasteiger partial charge in [0, 0.05) is 72.5 Å². The molecule has 1 saturated heterocycles. The number of nitrogen functional groups attached to an aromatic ring is 1. The topological polar surface area (TPSA) is 57.4 Å². The molecule has 1 aromatic heterocycles. The molecule has 36 heavy (non-hydrogen) atoms. The first kappa shape index (κ1) is 25.6. The number of anilines is 1. The highest BCUT2D eigenvalue weighted by Crippen LogP contribution is 2.32. The number of halogens is 1. The molecule has 0 radical (unpaired) electrons. The standard InChI is InChI=1S/C30H36ClN5/c1-6-7-8-20(2)35-13-15-36(16-14-35)22(4)23-9-12-26-27(31)19-29(34-30(26)18-23)24-10-11-25(21(3)33-5)28(32)17-24/h9-12,17-19,33H,2-4,6-8,13-16,32H2,1,5H3. The van der Waals surface area contributed by atoms with Gasteiger partial charge in [0.1, 0.15) is 0 Å². The number of hydrogen-bond acceptors (Lipinski definition) is 5. The zero-order chi connectivity index (χ0) is 25.8. The van der Waals surface area contributed by atoms with Gasteiger partial charge in [0.15, 0.2) is 0 Å². The lowest BCUT2D eigenvalue weighted by Gasteiger charge is -2.39. The zero-order valence-electron chi connectivity index (χ0n) is 21.4. The molecule has 2 aromatic carbocycles. The van der Waals surface area contributed by atoms with Crippen molar-refractivity contribution < 1.29 is 0 Å². The fraction of sp³-hybridized carbons (Fsp3) is 0.300. The summed E-state index contributed by atoms with van der Waals surface area (Å²) in [6, 6.07) is 14.0. The van der Waals surface area contributed by atoms with Crippen molar-refractivity contribution in [1.29, 1.82) is 0 Å². The van der Waals surface area contributed by atoms with Crippen molar-refractivity contribution in [2.75, 3.05) is 39.0 Å². The molecule has 0 spiro atoms. The molecule has 3 N–H and O–H groups in total. The van der Waals surface area contributed by atoms with Crippen LogP contribution in [0.4, 0.5) is 5.69 Å². The summed E-state index contributed by atoms with van der Waals surface area (Å²) in [7, 11) is 1.83. The SMILES string of the molecule is C=C(NC)c1ccc(-c2cc(Cl)c3ccc(C(=C)N4CCN(C(=C)CCCC)CC4)cc3n2)cc1N. The minimum Gasteiger partial charge on any atom is -0.398 e. The van der Waals surface area contributed by atoms with Crippen LogP contribution in [0.15, 0.2) is 67.9 Å². The number of nitrogens with two attached hydrogens (primary N) is 1. The van der Waals surface area contributed by atoms with Crippen molar-refractivity contribution in [3.8, 4) is 11.3 Å². The smallest absolute Gasteiger partial charge is 0.0731 e. The van der Waals surface area contributed by atoms with E-state index in [1.165, 1.54) is 18.5 Å². The van der Waals surface area contributed by atoms with Gasteiger partial charge in [-0.2, -0.15) is 0 Å². The third-order valence-electron chi connectivity index (χ3n) is 6.99. The molecule has 1 aliphatic heterocycles. The average molecular weight is 502 g/mol. The molecule has 0 bridgehead atoms. The van der Waals surface area contributed by atoms with Crippen LogP contribution in [-0.2, 0) is 0 Å². The minimum atomic E-state index is 0.642. The van der Waals surface area contributed by atoms with Gasteiger partial charge in [-0.1, -0.05) is 68.9 Å². The second-order valence-electron chi connectivity index (χ2n) is 9.34. The molecule has 0 atom stereocenters. The Morgan fingerprint density at radius 1 is 1.03 bits per heavy atom. The lowest BCUT2D eigenvalue weighted by atomic mass is 10.0. The number of unbranched alkanes of at least 4 members (excludes halogenated alkanes) is 1. The Morgan fingerprint density at radius 3 is 2.42 bits per heavy atom. The monoisotopic (exact) mass is 501 g/mol. The van der Waals surface area contributed by atoms with Crippen molar-refractivity contribution in [3.63, 3.8) is 0 Å². The van der Waals surface area contributed by atoms with Gasteiger partial charge in [-0.25, -0.2) is 4.98 Å². The molecule has 5 nitrogen and oxygen atoms in total. The molecule has 2 heterocycles. The predicted molar refractivity (Wildman–Crippen MR) is 156 cm³/mol. The van der Waals surface area contributed by atoms with Crippen LogP contribution >= 0.6 is 11.6 Å². The van der Waals surface area contributed by atoms with E-state index >= 15 is 0 Å². The molecule has 3 aromatic rings. The van der Waals surface area contributed by atoms with Gasteiger partial charge < -0.3 is 20.9 Å². The van der Waals surface area contributed by atoms with Gasteiger partial charge in [0.25, 0.3) is 0 Å². The quantitative estimate of drug-likeness (QED) is 0.323. The second kappa shape index (κ2) is 11.1. The van der Waals surface area contributed by atoms with Crippen molar-refractivity contribution in [3.05, 3.63) is 84.0 Å². The Bertz CT molecular complexity index is 1300. The van der Waals surface area contributed by atoms with E-state index < -0.39 is 0 Å². The molecule has 0 saturated carbocycles. The molecular formula is C30H36ClN5. The van der Waals surface area contributed by atoms with Crippen LogP contribution in [0, 0.1) is 0 Å². The number of fused-ring (bicyclic) bond motifs is 1. The summed E-state index contributed by atoms with van der Waals surface area (Å²) in [6.07, 6.45) is 3.47. The zero-order valence-corrected chi connectivity index (χ0v) is 22.2. The first-order chi connectivity index (χ1) is 17.3. The number of pyridine rings is 1. The molecule has 1 aliphatic rings. The second-order valence-corrected chi connectivity index (χ2v) is 9.75. The average Bonchev–Trinajstić information content (AvgIpc) is 2.90. The molecule has 0 aliphatic carbocycles. The summed E-state index contributed by atoms with van der Waals surface area (Å²) >= 11 is 6.68. The Balaban J connectivity index is 1.55. The van der Waals surface area contributed by atoms with Crippen molar-refractivity contribution in [1.82, 2.24) is 20.1 Å². The minimum absolute atomic E-state index is 0.642. The first-order valence-electron chi connectivity index (χ1n) is 12.6. The number of hydrogen-bond donors (Lipinski definition) is 2. The number of rotatable bonds is 9. The van der Waals surface area contributed by atoms with Crippen LogP contribution in [0.1, 0.15) is 37.3 Å². The van der Waals surface area contributed by atoms with E-state index in [1.807, 2.05) is 37.4 Å². The summed E-state index contributed by atoms with van der Waals surface area (Å²) in [6.45, 7) is 18.7. The summed E-state index contributed by atoms with van der Waals surface area (Å²) in [4.78, 5) is 9.70. The van der Waals surface area contributed by atoms with E-state index in [-0.39, 0.29) is 0 Å². The fourth-order valence-corrected chi connectivity index (χ4v) is 4.92. The molecule has 0 unspecified atom stereocenters. The van der Waals surface area contributed by atoms with Crippen LogP contribution in [0.5, 0.6) is 0 Å². The highest BCUT2D eigenvalue weighted by atomic mass is 35.5. The predicted octanol–water partition coefficient (Wildman–Crippen LogP) is 6.62. The van der Waals surface area contributed by atoms with Crippen LogP contribution in [0.25, 0.3) is 33.6 Å². The number of allylic oxidation sites excluding steroid dienone is 1. The van der Waals surface area contributed by atoms with Gasteiger partial charge in [0.05, 0.1) is 16.2 Å². The molecule has 4 rings (SSSR count). The normalized spacial score (nSPS) is 13.6. The fourth-order valence-electron chi connectivity index (χ4n) is 4.66. The maximum atomic E-state index is 6.68. The van der Waals surface area contributed by atoms with E-state index in [9.17, 15) is 0 Å². The van der Waals surface area contributed by atoms with E-state index in [0.29, 0.717) is 10.7 Å². The molecule has 1 fully saturated rings. The summed E-state index contributed by atoms with van der Waals surface area (Å²) in [5, 5.41) is 4.62. The lowest BCUT2D eigenvalue weighted by Crippen LogP contribution is -2.44. The van der Waals surface area contributed by atoms with Gasteiger partial charge >= 0.3 is 0 Å². The largest absolute Gasteiger partial charge is 0.398 e. The maximum absolute atomic E-state index is 6.68. The van der Waals surface area contributed by atoms with E-state index in [2.05, 4.69) is 53.9 Å². The van der Waals surface area contributed by atoms with E-state index in [0.717, 1.165) is 77.3 Å². The van der Waals surface area contributed by atoms with E-state index in [1.54, 1.807) is 0 Å². The third-order valence-corrected chi connectivity index (χ3v) is 7.31. The number of aromatic nitrogens is 1. The number of nitrogens with one attached hydrogen (secondary N) is 1. The summed E-state index contributed by atoms with van der Waals surface area (Å²) in [5.41, 5.74) is 14.4. The van der Waals surface area contributed by atoms with Crippen LogP contribution in [-0.4, -0.2) is 48.0 Å². The third kappa shape index (κ3) is 5.36. The van der Waals surface area contributed by atoms with Gasteiger partial charge in [-0.15, -0.1) is 0 Å². The lowest BCUT2D eigenvalue weighted by molar-refractivity contribution is 0.209. The Morgan fingerprint density at radius 2 is 1.75 bits per heavy atom. The van der Waals surface area contributed by atoms with Gasteiger partial charge in [-0.3, -0.25) is 0 Å². The highest BCUT2D eigenvalue weighted by Gasteiger charge is 2.20. The maximum Gasteiger partial charge on any atom is 0.0731 e. The molecule has 6 heteroatoms. The van der Waals surface area contributed by atoms with E-state index in [4.69, 9.17) is 22.3 Å². The summed E-state index contributed by atoms with van der Waals surface area (Å²) in [5.74, 6) is 0. The highest BCUT2D eigenvalue weighted by molar-refractivity contribution is 6.35. The van der Waals surface area contributed by atoms with Crippen molar-refractivity contribution in [2.24, 2.45) is 0 Å². The Hall–Kier alpha value is -3.44. The van der Waals surface area contributed by atoms with Crippen LogP contribution in [0.3, 0.4) is 0 Å². The van der Waals surface area contributed by atoms with Crippen molar-refractivity contribution >= 4 is 39.6 Å². The summed E-state index contributed by atoms with van der Waals surface area (Å²) < 4.78 is 0. The number of piperazine rings is 1. The molecule has 188 valence electrons. The Kier molecular flexibility index (Phi) is 7.90. The first-order valence-corrected chi connectivity index (χ1v) is 12.9. The van der Waals surface area contributed by atoms with Crippen LogP contribution in [0.2, 0.25) is 5.02 Å². The van der Waals surface area contributed by atoms with Gasteiger partial charge in [-0.05, 0) is 36.6 Å². The number of benzene rings is 2. The van der Waals surface area contributed by atoms with Crippen molar-refractivity contribution in [2.45, 2.75) is 26.2 Å². The van der Waals surface area contributed by atoms with Crippen LogP contribution < -0.4 is 11.1 Å².